The predicted molar refractivity (Wildman–Crippen MR) is 87.1 cm³/mol. The third-order valence-corrected chi connectivity index (χ3v) is 3.55. The average Bonchev–Trinajstić information content (AvgIpc) is 2.49. The number of carbonyl (C=O) groups excluding carboxylic acids is 2. The molecule has 0 aliphatic rings. The van der Waals surface area contributed by atoms with Gasteiger partial charge in [0, 0.05) is 30.7 Å². The van der Waals surface area contributed by atoms with Crippen LogP contribution in [0.1, 0.15) is 48.4 Å². The van der Waals surface area contributed by atoms with E-state index in [9.17, 15) is 9.59 Å². The minimum Gasteiger partial charge on any atom is -0.465 e. The van der Waals surface area contributed by atoms with Crippen LogP contribution in [-0.4, -0.2) is 49.1 Å². The molecule has 0 atom stereocenters. The first kappa shape index (κ1) is 18.2. The van der Waals surface area contributed by atoms with Gasteiger partial charge < -0.3 is 10.1 Å². The second kappa shape index (κ2) is 8.54. The average molecular weight is 306 g/mol. The summed E-state index contributed by atoms with van der Waals surface area (Å²) in [6, 6.07) is 7.33. The molecular weight excluding hydrogens is 280 g/mol. The molecular formula is C17H26N2O3. The largest absolute Gasteiger partial charge is 0.465 e. The van der Waals surface area contributed by atoms with Crippen molar-refractivity contribution in [2.75, 3.05) is 20.2 Å². The number of benzene rings is 1. The zero-order valence-corrected chi connectivity index (χ0v) is 14.1. The normalized spacial score (nSPS) is 11.1. The molecule has 0 saturated carbocycles. The van der Waals surface area contributed by atoms with Crippen molar-refractivity contribution < 1.29 is 14.3 Å². The smallest absolute Gasteiger partial charge is 0.337 e. The van der Waals surface area contributed by atoms with Crippen LogP contribution in [0, 0.1) is 0 Å². The van der Waals surface area contributed by atoms with Crippen LogP contribution in [0.15, 0.2) is 24.3 Å². The molecule has 0 heterocycles. The Morgan fingerprint density at radius 1 is 1.05 bits per heavy atom. The van der Waals surface area contributed by atoms with Crippen molar-refractivity contribution in [2.24, 2.45) is 0 Å². The van der Waals surface area contributed by atoms with Crippen LogP contribution >= 0.6 is 0 Å². The fourth-order valence-electron chi connectivity index (χ4n) is 2.39. The first-order valence-electron chi connectivity index (χ1n) is 7.59. The molecule has 5 heteroatoms. The number of esters is 1. The Labute approximate surface area is 132 Å². The van der Waals surface area contributed by atoms with Gasteiger partial charge in [0.2, 0.25) is 0 Å². The fourth-order valence-corrected chi connectivity index (χ4v) is 2.39. The second-order valence-electron chi connectivity index (χ2n) is 5.75. The number of hydrogen-bond donors (Lipinski definition) is 1. The molecule has 122 valence electrons. The summed E-state index contributed by atoms with van der Waals surface area (Å²) in [5.74, 6) is -0.541. The molecule has 0 bridgehead atoms. The number of nitrogens with zero attached hydrogens (tertiary/aromatic N) is 1. The van der Waals surface area contributed by atoms with E-state index < -0.39 is 5.97 Å². The van der Waals surface area contributed by atoms with Crippen LogP contribution in [0.2, 0.25) is 0 Å². The minimum atomic E-state index is -0.406. The van der Waals surface area contributed by atoms with Gasteiger partial charge in [-0.1, -0.05) is 0 Å². The summed E-state index contributed by atoms with van der Waals surface area (Å²) in [6.07, 6.45) is 0. The van der Waals surface area contributed by atoms with Crippen molar-refractivity contribution in [2.45, 2.75) is 39.8 Å². The Bertz CT molecular complexity index is 487. The van der Waals surface area contributed by atoms with Crippen LogP contribution in [0.3, 0.4) is 0 Å². The first-order chi connectivity index (χ1) is 10.4. The molecule has 0 saturated heterocycles. The molecule has 0 aromatic heterocycles. The summed E-state index contributed by atoms with van der Waals surface area (Å²) in [5, 5.41) is 2.91. The van der Waals surface area contributed by atoms with Gasteiger partial charge in [-0.25, -0.2) is 4.79 Å². The van der Waals surface area contributed by atoms with Crippen LogP contribution < -0.4 is 5.32 Å². The number of nitrogens with one attached hydrogen (secondary N) is 1. The van der Waals surface area contributed by atoms with Gasteiger partial charge in [0.05, 0.1) is 12.7 Å². The number of carbonyl (C=O) groups is 2. The van der Waals surface area contributed by atoms with Crippen molar-refractivity contribution in [3.05, 3.63) is 35.4 Å². The van der Waals surface area contributed by atoms with E-state index >= 15 is 0 Å². The van der Waals surface area contributed by atoms with Gasteiger partial charge in [0.1, 0.15) is 0 Å². The van der Waals surface area contributed by atoms with E-state index in [0.29, 0.717) is 29.8 Å². The van der Waals surface area contributed by atoms with Gasteiger partial charge in [-0.05, 0) is 52.0 Å². The Kier molecular flexibility index (Phi) is 7.05. The Morgan fingerprint density at radius 2 is 1.55 bits per heavy atom. The van der Waals surface area contributed by atoms with Crippen LogP contribution in [-0.2, 0) is 4.74 Å². The third-order valence-electron chi connectivity index (χ3n) is 3.55. The second-order valence-corrected chi connectivity index (χ2v) is 5.75. The quantitative estimate of drug-likeness (QED) is 0.786. The molecule has 0 spiro atoms. The highest BCUT2D eigenvalue weighted by molar-refractivity contribution is 5.96. The maximum Gasteiger partial charge on any atom is 0.337 e. The lowest BCUT2D eigenvalue weighted by atomic mass is 10.1. The van der Waals surface area contributed by atoms with Gasteiger partial charge >= 0.3 is 5.97 Å². The molecule has 0 aliphatic heterocycles. The molecule has 1 aromatic carbocycles. The van der Waals surface area contributed by atoms with Crippen molar-refractivity contribution in [1.29, 1.82) is 0 Å². The summed E-state index contributed by atoms with van der Waals surface area (Å²) in [5.41, 5.74) is 0.970. The minimum absolute atomic E-state index is 0.135. The lowest BCUT2D eigenvalue weighted by Gasteiger charge is -2.30. The molecule has 0 radical (unpaired) electrons. The van der Waals surface area contributed by atoms with Crippen molar-refractivity contribution in [1.82, 2.24) is 10.2 Å². The molecule has 0 unspecified atom stereocenters. The number of ether oxygens (including phenoxy) is 1. The predicted octanol–water partition coefficient (Wildman–Crippen LogP) is 2.32. The summed E-state index contributed by atoms with van der Waals surface area (Å²) in [4.78, 5) is 25.7. The maximum absolute atomic E-state index is 12.1. The molecule has 0 aliphatic carbocycles. The molecule has 1 rings (SSSR count). The summed E-state index contributed by atoms with van der Waals surface area (Å²) in [6.45, 7) is 9.98. The van der Waals surface area contributed by atoms with Gasteiger partial charge in [-0.15, -0.1) is 0 Å². The number of amides is 1. The molecule has 22 heavy (non-hydrogen) atoms. The maximum atomic E-state index is 12.1. The van der Waals surface area contributed by atoms with E-state index in [1.807, 2.05) is 0 Å². The van der Waals surface area contributed by atoms with E-state index in [2.05, 4.69) is 42.6 Å². The molecule has 1 N–H and O–H groups in total. The lowest BCUT2D eigenvalue weighted by molar-refractivity contribution is 0.0600. The number of hydrogen-bond acceptors (Lipinski definition) is 4. The molecule has 5 nitrogen and oxygen atoms in total. The van der Waals surface area contributed by atoms with Crippen LogP contribution in [0.5, 0.6) is 0 Å². The highest BCUT2D eigenvalue weighted by Crippen LogP contribution is 2.06. The Hall–Kier alpha value is -1.88. The van der Waals surface area contributed by atoms with E-state index in [4.69, 9.17) is 0 Å². The molecule has 1 amide bonds. The van der Waals surface area contributed by atoms with Crippen molar-refractivity contribution in [3.8, 4) is 0 Å². The van der Waals surface area contributed by atoms with Gasteiger partial charge in [-0.2, -0.15) is 0 Å². The lowest BCUT2D eigenvalue weighted by Crippen LogP contribution is -2.42. The van der Waals surface area contributed by atoms with E-state index in [-0.39, 0.29) is 5.91 Å². The number of rotatable bonds is 7. The zero-order valence-electron chi connectivity index (χ0n) is 14.1. The third kappa shape index (κ3) is 5.15. The Balaban J connectivity index is 2.53. The summed E-state index contributed by atoms with van der Waals surface area (Å²) < 4.78 is 4.63. The van der Waals surface area contributed by atoms with Crippen molar-refractivity contribution in [3.63, 3.8) is 0 Å². The van der Waals surface area contributed by atoms with Crippen LogP contribution in [0.4, 0.5) is 0 Å². The van der Waals surface area contributed by atoms with Gasteiger partial charge in [-0.3, -0.25) is 9.69 Å². The summed E-state index contributed by atoms with van der Waals surface area (Å²) >= 11 is 0. The van der Waals surface area contributed by atoms with E-state index in [1.165, 1.54) is 7.11 Å². The first-order valence-corrected chi connectivity index (χ1v) is 7.59. The van der Waals surface area contributed by atoms with E-state index in [0.717, 1.165) is 6.54 Å². The van der Waals surface area contributed by atoms with Gasteiger partial charge in [0.25, 0.3) is 5.91 Å². The van der Waals surface area contributed by atoms with Gasteiger partial charge in [0.15, 0.2) is 0 Å². The fraction of sp³-hybridized carbons (Fsp3) is 0.529. The standard InChI is InChI=1S/C17H26N2O3/c1-12(2)19(13(3)4)11-10-18-16(20)14-6-8-15(9-7-14)17(21)22-5/h6-9,12-13H,10-11H2,1-5H3,(H,18,20). The SMILES string of the molecule is COC(=O)c1ccc(C(=O)NCCN(C(C)C)C(C)C)cc1. The highest BCUT2D eigenvalue weighted by atomic mass is 16.5. The summed E-state index contributed by atoms with van der Waals surface area (Å²) in [7, 11) is 1.33. The zero-order chi connectivity index (χ0) is 16.7. The van der Waals surface area contributed by atoms with Crippen molar-refractivity contribution >= 4 is 11.9 Å². The highest BCUT2D eigenvalue weighted by Gasteiger charge is 2.13. The van der Waals surface area contributed by atoms with Crippen LogP contribution in [0.25, 0.3) is 0 Å². The molecule has 0 fully saturated rings. The monoisotopic (exact) mass is 306 g/mol. The topological polar surface area (TPSA) is 58.6 Å². The number of methoxy groups -OCH3 is 1. The van der Waals surface area contributed by atoms with E-state index in [1.54, 1.807) is 24.3 Å². The molecule has 1 aromatic rings. The Morgan fingerprint density at radius 3 is 2.00 bits per heavy atom.